The first-order chi connectivity index (χ1) is 9.40. The van der Waals surface area contributed by atoms with Crippen LogP contribution in [0.1, 0.15) is 35.0 Å². The number of halogens is 2. The average Bonchev–Trinajstić information content (AvgIpc) is 2.39. The van der Waals surface area contributed by atoms with Gasteiger partial charge in [0.2, 0.25) is 0 Å². The lowest BCUT2D eigenvalue weighted by Gasteiger charge is -1.91. The number of hydrogen-bond donors (Lipinski definition) is 0. The maximum Gasteiger partial charge on any atom is 0.197 e. The molecular formula is C12H10Cl2N4O2. The fourth-order valence-corrected chi connectivity index (χ4v) is 1.30. The Morgan fingerprint density at radius 2 is 1.70 bits per heavy atom. The molecule has 8 heteroatoms. The van der Waals surface area contributed by atoms with Crippen LogP contribution >= 0.6 is 23.2 Å². The van der Waals surface area contributed by atoms with Crippen LogP contribution in [0.5, 0.6) is 0 Å². The highest BCUT2D eigenvalue weighted by Gasteiger charge is 2.01. The quantitative estimate of drug-likeness (QED) is 0.626. The van der Waals surface area contributed by atoms with Gasteiger partial charge >= 0.3 is 0 Å². The van der Waals surface area contributed by atoms with E-state index in [-0.39, 0.29) is 22.5 Å². The molecule has 104 valence electrons. The van der Waals surface area contributed by atoms with Crippen molar-refractivity contribution in [1.82, 2.24) is 19.9 Å². The molecule has 0 unspecified atom stereocenters. The first-order valence-corrected chi connectivity index (χ1v) is 6.13. The largest absolute Gasteiger partial charge is 0.293 e. The summed E-state index contributed by atoms with van der Waals surface area (Å²) in [6.45, 7) is 2.81. The lowest BCUT2D eigenvalue weighted by molar-refractivity contribution is 0.0997. The lowest BCUT2D eigenvalue weighted by atomic mass is 10.3. The normalized spacial score (nSPS) is 9.40. The number of Topliss-reactive ketones (excluding diaryl/α,β-unsaturated/α-hetero) is 2. The van der Waals surface area contributed by atoms with Crippen LogP contribution in [-0.2, 0) is 0 Å². The topological polar surface area (TPSA) is 85.7 Å². The molecule has 0 aromatic carbocycles. The van der Waals surface area contributed by atoms with E-state index < -0.39 is 0 Å². The van der Waals surface area contributed by atoms with Crippen molar-refractivity contribution >= 4 is 34.8 Å². The maximum atomic E-state index is 10.6. The zero-order chi connectivity index (χ0) is 15.1. The minimum absolute atomic E-state index is 0.130. The molecule has 0 atom stereocenters. The standard InChI is InChI=1S/2C6H5ClN2O/c1-4(10)5-2-8-3-6(7)9-5;1-4(10)6-8-3-2-5(7)9-6/h2*2-3H,1H3. The second kappa shape index (κ2) is 7.62. The van der Waals surface area contributed by atoms with Crippen LogP contribution in [0.4, 0.5) is 0 Å². The van der Waals surface area contributed by atoms with Crippen LogP contribution in [-0.4, -0.2) is 31.5 Å². The molecule has 2 aromatic rings. The number of hydrogen-bond acceptors (Lipinski definition) is 6. The molecule has 6 nitrogen and oxygen atoms in total. The van der Waals surface area contributed by atoms with Crippen molar-refractivity contribution in [3.8, 4) is 0 Å². The second-order valence-electron chi connectivity index (χ2n) is 3.54. The lowest BCUT2D eigenvalue weighted by Crippen LogP contribution is -1.99. The van der Waals surface area contributed by atoms with Gasteiger partial charge in [0.15, 0.2) is 17.4 Å². The van der Waals surface area contributed by atoms with E-state index in [9.17, 15) is 9.59 Å². The number of aromatic nitrogens is 4. The Labute approximate surface area is 125 Å². The van der Waals surface area contributed by atoms with E-state index in [1.54, 1.807) is 0 Å². The Hall–Kier alpha value is -1.92. The molecule has 0 amide bonds. The number of ketones is 2. The number of rotatable bonds is 2. The van der Waals surface area contributed by atoms with Gasteiger partial charge in [0, 0.05) is 20.0 Å². The van der Waals surface area contributed by atoms with E-state index in [1.807, 2.05) is 0 Å². The van der Waals surface area contributed by atoms with Crippen molar-refractivity contribution in [3.05, 3.63) is 46.5 Å². The van der Waals surface area contributed by atoms with Crippen molar-refractivity contribution < 1.29 is 9.59 Å². The molecule has 0 saturated carbocycles. The van der Waals surface area contributed by atoms with E-state index >= 15 is 0 Å². The van der Waals surface area contributed by atoms with Gasteiger partial charge in [0.05, 0.1) is 12.4 Å². The van der Waals surface area contributed by atoms with Crippen LogP contribution in [0.25, 0.3) is 0 Å². The van der Waals surface area contributed by atoms with E-state index in [0.29, 0.717) is 10.8 Å². The van der Waals surface area contributed by atoms with Crippen molar-refractivity contribution in [2.45, 2.75) is 13.8 Å². The molecule has 2 rings (SSSR count). The van der Waals surface area contributed by atoms with Crippen LogP contribution < -0.4 is 0 Å². The number of carbonyl (C=O) groups is 2. The van der Waals surface area contributed by atoms with Crippen molar-refractivity contribution in [2.75, 3.05) is 0 Å². The zero-order valence-electron chi connectivity index (χ0n) is 10.7. The molecule has 20 heavy (non-hydrogen) atoms. The van der Waals surface area contributed by atoms with Gasteiger partial charge in [-0.3, -0.25) is 14.6 Å². The molecule has 0 radical (unpaired) electrons. The number of carbonyl (C=O) groups excluding carboxylic acids is 2. The number of nitrogens with zero attached hydrogens (tertiary/aromatic N) is 4. The summed E-state index contributed by atoms with van der Waals surface area (Å²) in [5.41, 5.74) is 0.299. The molecule has 0 N–H and O–H groups in total. The molecule has 2 aromatic heterocycles. The van der Waals surface area contributed by atoms with Gasteiger partial charge in [-0.15, -0.1) is 0 Å². The third-order valence-corrected chi connectivity index (χ3v) is 2.29. The van der Waals surface area contributed by atoms with E-state index in [4.69, 9.17) is 23.2 Å². The van der Waals surface area contributed by atoms with Crippen molar-refractivity contribution in [2.24, 2.45) is 0 Å². The van der Waals surface area contributed by atoms with Crippen molar-refractivity contribution in [3.63, 3.8) is 0 Å². The van der Waals surface area contributed by atoms with Crippen molar-refractivity contribution in [1.29, 1.82) is 0 Å². The Balaban J connectivity index is 0.000000200. The molecule has 0 aliphatic rings. The predicted octanol–water partition coefficient (Wildman–Crippen LogP) is 2.67. The minimum Gasteiger partial charge on any atom is -0.293 e. The van der Waals surface area contributed by atoms with Gasteiger partial charge in [-0.2, -0.15) is 0 Å². The monoisotopic (exact) mass is 312 g/mol. The zero-order valence-corrected chi connectivity index (χ0v) is 12.2. The van der Waals surface area contributed by atoms with Crippen LogP contribution in [0, 0.1) is 0 Å². The summed E-state index contributed by atoms with van der Waals surface area (Å²) in [6.07, 6.45) is 4.22. The van der Waals surface area contributed by atoms with Gasteiger partial charge in [-0.25, -0.2) is 15.0 Å². The molecule has 0 aliphatic carbocycles. The summed E-state index contributed by atoms with van der Waals surface area (Å²) in [5.74, 6) is -0.148. The average molecular weight is 313 g/mol. The van der Waals surface area contributed by atoms with Gasteiger partial charge in [-0.1, -0.05) is 23.2 Å². The Morgan fingerprint density at radius 3 is 2.10 bits per heavy atom. The summed E-state index contributed by atoms with van der Waals surface area (Å²) >= 11 is 10.9. The Bertz CT molecular complexity index is 579. The summed E-state index contributed by atoms with van der Waals surface area (Å²) in [5, 5.41) is 0.535. The maximum absolute atomic E-state index is 10.6. The molecule has 0 spiro atoms. The summed E-state index contributed by atoms with van der Waals surface area (Å²) in [4.78, 5) is 36.0. The molecular weight excluding hydrogens is 303 g/mol. The van der Waals surface area contributed by atoms with Crippen LogP contribution in [0.15, 0.2) is 24.7 Å². The molecule has 0 saturated heterocycles. The van der Waals surface area contributed by atoms with Gasteiger partial charge in [-0.05, 0) is 6.07 Å². The second-order valence-corrected chi connectivity index (χ2v) is 4.32. The first-order valence-electron chi connectivity index (χ1n) is 5.38. The van der Waals surface area contributed by atoms with Gasteiger partial charge in [0.25, 0.3) is 0 Å². The minimum atomic E-state index is -0.178. The highest BCUT2D eigenvalue weighted by Crippen LogP contribution is 2.02. The highest BCUT2D eigenvalue weighted by atomic mass is 35.5. The molecule has 0 bridgehead atoms. The van der Waals surface area contributed by atoms with E-state index in [1.165, 1.54) is 38.5 Å². The van der Waals surface area contributed by atoms with E-state index in [0.717, 1.165) is 0 Å². The van der Waals surface area contributed by atoms with Crippen LogP contribution in [0.3, 0.4) is 0 Å². The molecule has 0 aliphatic heterocycles. The molecule has 0 fully saturated rings. The van der Waals surface area contributed by atoms with Gasteiger partial charge < -0.3 is 0 Å². The van der Waals surface area contributed by atoms with Gasteiger partial charge in [0.1, 0.15) is 16.0 Å². The third kappa shape index (κ3) is 5.38. The van der Waals surface area contributed by atoms with Crippen LogP contribution in [0.2, 0.25) is 10.3 Å². The smallest absolute Gasteiger partial charge is 0.197 e. The Kier molecular flexibility index (Phi) is 6.14. The predicted molar refractivity (Wildman–Crippen MR) is 74.1 cm³/mol. The summed E-state index contributed by atoms with van der Waals surface area (Å²) in [6, 6.07) is 1.52. The first kappa shape index (κ1) is 16.1. The fraction of sp³-hybridized carbons (Fsp3) is 0.167. The fourth-order valence-electron chi connectivity index (χ4n) is 1.02. The molecule has 2 heterocycles. The SMILES string of the molecule is CC(=O)c1cncc(Cl)n1.CC(=O)c1nccc(Cl)n1. The summed E-state index contributed by atoms with van der Waals surface area (Å²) < 4.78 is 0. The third-order valence-electron chi connectivity index (χ3n) is 1.90. The highest BCUT2D eigenvalue weighted by molar-refractivity contribution is 6.29. The summed E-state index contributed by atoms with van der Waals surface area (Å²) in [7, 11) is 0. The Morgan fingerprint density at radius 1 is 1.00 bits per heavy atom. The van der Waals surface area contributed by atoms with E-state index in [2.05, 4.69) is 19.9 Å².